The second-order valence-corrected chi connectivity index (χ2v) is 13.5. The Morgan fingerprint density at radius 1 is 0.324 bits per heavy atom. The molecule has 3 saturated carbocycles. The van der Waals surface area contributed by atoms with Crippen molar-refractivity contribution >= 4 is 0 Å². The molecule has 0 aromatic carbocycles. The van der Waals surface area contributed by atoms with Gasteiger partial charge in [-0.05, 0) is 48.3 Å². The molecule has 0 unspecified atom stereocenters. The molecule has 3 aliphatic rings. The Bertz CT molecular complexity index is 412. The molecule has 3 fully saturated rings. The Hall–Kier alpha value is 0. The molecule has 0 aromatic heterocycles. The van der Waals surface area contributed by atoms with Gasteiger partial charge in [0.05, 0.1) is 0 Å². The van der Waals surface area contributed by atoms with Crippen molar-refractivity contribution in [2.45, 2.75) is 181 Å². The smallest absolute Gasteiger partial charge is 0.0411 e. The Kier molecular flexibility index (Phi) is 14.7. The lowest BCUT2D eigenvalue weighted by Gasteiger charge is -2.36. The number of hydrogen-bond donors (Lipinski definition) is 0. The second-order valence-electron chi connectivity index (χ2n) is 13.5. The predicted octanol–water partition coefficient (Wildman–Crippen LogP) is 11.9. The molecule has 200 valence electrons. The fourth-order valence-corrected chi connectivity index (χ4v) is 8.23. The van der Waals surface area contributed by atoms with Gasteiger partial charge in [0.2, 0.25) is 0 Å². The van der Waals surface area contributed by atoms with Crippen LogP contribution in [-0.2, 0) is 0 Å². The van der Waals surface area contributed by atoms with Gasteiger partial charge in [-0.3, -0.25) is 0 Å². The van der Waals surface area contributed by atoms with E-state index in [1.807, 2.05) is 0 Å². The van der Waals surface area contributed by atoms with Gasteiger partial charge < -0.3 is 0 Å². The van der Waals surface area contributed by atoms with E-state index in [4.69, 9.17) is 0 Å². The second kappa shape index (κ2) is 17.5. The quantitative estimate of drug-likeness (QED) is 0.196. The van der Waals surface area contributed by atoms with E-state index >= 15 is 0 Å². The Morgan fingerprint density at radius 3 is 0.882 bits per heavy atom. The molecule has 34 heavy (non-hydrogen) atoms. The molecule has 0 heterocycles. The van der Waals surface area contributed by atoms with Crippen LogP contribution in [0.25, 0.3) is 0 Å². The van der Waals surface area contributed by atoms with Crippen molar-refractivity contribution in [2.75, 3.05) is 0 Å². The van der Waals surface area contributed by atoms with Gasteiger partial charge in [-0.15, -0.1) is 0 Å². The molecular weight excluding hydrogens is 408 g/mol. The molecule has 0 aromatic rings. The average Bonchev–Trinajstić information content (AvgIpc) is 2.87. The van der Waals surface area contributed by atoms with E-state index in [0.717, 1.165) is 35.5 Å². The van der Waals surface area contributed by atoms with Gasteiger partial charge in [-0.2, -0.15) is 0 Å². The standard InChI is InChI=1S/C34H64/c1-3-5-7-9-11-13-29-15-19-31(20-16-29)27-33-23-25-34(26-24-33)28-32-21-17-30(18-22-32)14-12-10-8-6-4-2/h29-34H,3-28H2,1-2H3. The molecule has 0 aliphatic heterocycles. The monoisotopic (exact) mass is 473 g/mol. The molecule has 0 radical (unpaired) electrons. The third-order valence-electron chi connectivity index (χ3n) is 10.7. The van der Waals surface area contributed by atoms with Gasteiger partial charge in [0.25, 0.3) is 0 Å². The van der Waals surface area contributed by atoms with Crippen molar-refractivity contribution in [3.8, 4) is 0 Å². The zero-order valence-corrected chi connectivity index (χ0v) is 23.8. The number of rotatable bonds is 16. The molecule has 3 aliphatic carbocycles. The fraction of sp³-hybridized carbons (Fsp3) is 1.00. The SMILES string of the molecule is CCCCCCCC1CCC(CC2CCC(CC3CCC(CCCCCCC)CC3)CC2)CC1. The molecular formula is C34H64. The molecule has 0 N–H and O–H groups in total. The minimum absolute atomic E-state index is 1.09. The van der Waals surface area contributed by atoms with E-state index in [-0.39, 0.29) is 0 Å². The molecule has 0 atom stereocenters. The van der Waals surface area contributed by atoms with Crippen LogP contribution in [0.4, 0.5) is 0 Å². The van der Waals surface area contributed by atoms with Crippen molar-refractivity contribution in [1.29, 1.82) is 0 Å². The first-order chi connectivity index (χ1) is 16.8. The molecule has 0 bridgehead atoms. The highest BCUT2D eigenvalue weighted by atomic mass is 14.3. The van der Waals surface area contributed by atoms with E-state index in [2.05, 4.69) is 13.8 Å². The molecule has 3 rings (SSSR count). The van der Waals surface area contributed by atoms with Crippen LogP contribution in [0.1, 0.15) is 181 Å². The largest absolute Gasteiger partial charge is 0.0654 e. The van der Waals surface area contributed by atoms with Crippen LogP contribution < -0.4 is 0 Å². The summed E-state index contributed by atoms with van der Waals surface area (Å²) >= 11 is 0. The van der Waals surface area contributed by atoms with Crippen molar-refractivity contribution in [3.05, 3.63) is 0 Å². The lowest BCUT2D eigenvalue weighted by Crippen LogP contribution is -2.23. The zero-order valence-electron chi connectivity index (χ0n) is 23.8. The van der Waals surface area contributed by atoms with Crippen LogP contribution in [0.2, 0.25) is 0 Å². The first-order valence-electron chi connectivity index (χ1n) is 16.8. The summed E-state index contributed by atoms with van der Waals surface area (Å²) in [5.74, 6) is 6.55. The van der Waals surface area contributed by atoms with Gasteiger partial charge >= 0.3 is 0 Å². The first kappa shape index (κ1) is 28.6. The summed E-state index contributed by atoms with van der Waals surface area (Å²) in [6.45, 7) is 4.66. The topological polar surface area (TPSA) is 0 Å². The van der Waals surface area contributed by atoms with Crippen molar-refractivity contribution < 1.29 is 0 Å². The summed E-state index contributed by atoms with van der Waals surface area (Å²) in [5.41, 5.74) is 0. The molecule has 0 amide bonds. The minimum Gasteiger partial charge on any atom is -0.0654 e. The van der Waals surface area contributed by atoms with Crippen molar-refractivity contribution in [2.24, 2.45) is 35.5 Å². The van der Waals surface area contributed by atoms with Gasteiger partial charge in [0.15, 0.2) is 0 Å². The van der Waals surface area contributed by atoms with Crippen molar-refractivity contribution in [1.82, 2.24) is 0 Å². The lowest BCUT2D eigenvalue weighted by atomic mass is 9.70. The average molecular weight is 473 g/mol. The van der Waals surface area contributed by atoms with Crippen molar-refractivity contribution in [3.63, 3.8) is 0 Å². The van der Waals surface area contributed by atoms with Gasteiger partial charge in [-0.25, -0.2) is 0 Å². The highest BCUT2D eigenvalue weighted by Crippen LogP contribution is 2.42. The zero-order chi connectivity index (χ0) is 23.8. The van der Waals surface area contributed by atoms with E-state index in [1.54, 1.807) is 103 Å². The maximum Gasteiger partial charge on any atom is -0.0411 e. The fourth-order valence-electron chi connectivity index (χ4n) is 8.23. The molecule has 0 saturated heterocycles. The highest BCUT2D eigenvalue weighted by molar-refractivity contribution is 4.81. The van der Waals surface area contributed by atoms with Crippen LogP contribution in [0.3, 0.4) is 0 Å². The summed E-state index contributed by atoms with van der Waals surface area (Å²) in [4.78, 5) is 0. The third kappa shape index (κ3) is 11.4. The van der Waals surface area contributed by atoms with Crippen LogP contribution in [-0.4, -0.2) is 0 Å². The van der Waals surface area contributed by atoms with Gasteiger partial charge in [0, 0.05) is 0 Å². The van der Waals surface area contributed by atoms with E-state index in [9.17, 15) is 0 Å². The first-order valence-corrected chi connectivity index (χ1v) is 16.8. The van der Waals surface area contributed by atoms with E-state index < -0.39 is 0 Å². The van der Waals surface area contributed by atoms with Crippen LogP contribution in [0.15, 0.2) is 0 Å². The van der Waals surface area contributed by atoms with E-state index in [1.165, 1.54) is 64.2 Å². The maximum atomic E-state index is 2.33. The van der Waals surface area contributed by atoms with E-state index in [0.29, 0.717) is 0 Å². The van der Waals surface area contributed by atoms with Gasteiger partial charge in [0.1, 0.15) is 0 Å². The summed E-state index contributed by atoms with van der Waals surface area (Å²) in [7, 11) is 0. The number of unbranched alkanes of at least 4 members (excludes halogenated alkanes) is 8. The van der Waals surface area contributed by atoms with Gasteiger partial charge in [-0.1, -0.05) is 168 Å². The predicted molar refractivity (Wildman–Crippen MR) is 152 cm³/mol. The van der Waals surface area contributed by atoms with Crippen LogP contribution in [0.5, 0.6) is 0 Å². The highest BCUT2D eigenvalue weighted by Gasteiger charge is 2.29. The molecule has 0 spiro atoms. The molecule has 0 nitrogen and oxygen atoms in total. The normalized spacial score (nSPS) is 32.6. The summed E-state index contributed by atoms with van der Waals surface area (Å²) in [6, 6.07) is 0. The summed E-state index contributed by atoms with van der Waals surface area (Å²) in [6.07, 6.45) is 39.8. The minimum atomic E-state index is 1.09. The Labute approximate surface area is 216 Å². The molecule has 0 heteroatoms. The third-order valence-corrected chi connectivity index (χ3v) is 10.7. The summed E-state index contributed by atoms with van der Waals surface area (Å²) in [5, 5.41) is 0. The summed E-state index contributed by atoms with van der Waals surface area (Å²) < 4.78 is 0. The Morgan fingerprint density at radius 2 is 0.588 bits per heavy atom. The lowest BCUT2D eigenvalue weighted by molar-refractivity contribution is 0.161. The maximum absolute atomic E-state index is 2.33. The van der Waals surface area contributed by atoms with Crippen LogP contribution in [0, 0.1) is 35.5 Å². The number of hydrogen-bond acceptors (Lipinski definition) is 0. The van der Waals surface area contributed by atoms with Crippen LogP contribution >= 0.6 is 0 Å². The Balaban J connectivity index is 1.18.